The first-order chi connectivity index (χ1) is 11.0. The van der Waals surface area contributed by atoms with Crippen molar-refractivity contribution in [2.75, 3.05) is 6.54 Å². The molecule has 0 spiro atoms. The highest BCUT2D eigenvalue weighted by atomic mass is 19.4. The quantitative estimate of drug-likeness (QED) is 0.522. The Morgan fingerprint density at radius 2 is 1.44 bits per heavy atom. The summed E-state index contributed by atoms with van der Waals surface area (Å²) in [5, 5.41) is 0. The fourth-order valence-corrected chi connectivity index (χ4v) is 2.61. The summed E-state index contributed by atoms with van der Waals surface area (Å²) in [4.78, 5) is 13.8. The Morgan fingerprint density at radius 1 is 1.00 bits per heavy atom. The van der Waals surface area contributed by atoms with Gasteiger partial charge in [-0.3, -0.25) is 0 Å². The molecule has 0 N–H and O–H groups in total. The van der Waals surface area contributed by atoms with E-state index >= 15 is 0 Å². The summed E-state index contributed by atoms with van der Waals surface area (Å²) in [5.74, 6) is -3.49. The van der Waals surface area contributed by atoms with Gasteiger partial charge in [0.2, 0.25) is 0 Å². The summed E-state index contributed by atoms with van der Waals surface area (Å²) in [6.07, 6.45) is -17.8. The molecule has 0 aromatic heterocycles. The molecule has 0 aromatic carbocycles. The number of rotatable bonds is 1. The zero-order valence-electron chi connectivity index (χ0n) is 13.7. The molecular weight excluding hydrogens is 351 g/mol. The molecule has 0 saturated carbocycles. The molecule has 1 amide bonds. The van der Waals surface area contributed by atoms with Crippen LogP contribution in [0.25, 0.3) is 0 Å². The van der Waals surface area contributed by atoms with Gasteiger partial charge in [0.25, 0.3) is 6.10 Å². The Morgan fingerprint density at radius 3 is 1.80 bits per heavy atom. The molecule has 13 heteroatoms. The van der Waals surface area contributed by atoms with Gasteiger partial charge in [-0.25, -0.2) is 4.79 Å². The van der Waals surface area contributed by atoms with Crippen LogP contribution >= 0.6 is 0 Å². The minimum Gasteiger partial charge on any atom is -0.426 e. The van der Waals surface area contributed by atoms with E-state index in [4.69, 9.17) is 23.5 Å². The van der Waals surface area contributed by atoms with E-state index in [0.717, 1.165) is 0 Å². The van der Waals surface area contributed by atoms with Crippen molar-refractivity contribution in [1.82, 2.24) is 9.80 Å². The maximum absolute atomic E-state index is 12.5. The molecule has 6 radical (unpaired) electrons. The minimum atomic E-state index is -5.82. The van der Waals surface area contributed by atoms with E-state index in [9.17, 15) is 31.1 Å². The molecule has 1 aliphatic rings. The van der Waals surface area contributed by atoms with Gasteiger partial charge in [-0.15, -0.1) is 0 Å². The van der Waals surface area contributed by atoms with Gasteiger partial charge in [-0.2, -0.15) is 26.3 Å². The van der Waals surface area contributed by atoms with Crippen molar-refractivity contribution >= 4 is 29.6 Å². The Bertz CT molecular complexity index is 483. The Kier molecular flexibility index (Phi) is 6.14. The Labute approximate surface area is 145 Å². The Hall–Kier alpha value is -0.995. The van der Waals surface area contributed by atoms with E-state index in [1.165, 1.54) is 4.90 Å². The van der Waals surface area contributed by atoms with Gasteiger partial charge >= 0.3 is 18.4 Å². The summed E-state index contributed by atoms with van der Waals surface area (Å²) in [6.45, 7) is 4.75. The van der Waals surface area contributed by atoms with E-state index in [1.807, 2.05) is 0 Å². The monoisotopic (exact) mass is 366 g/mol. The third-order valence-electron chi connectivity index (χ3n) is 3.59. The second-order valence-corrected chi connectivity index (χ2v) is 6.63. The van der Waals surface area contributed by atoms with Crippen molar-refractivity contribution < 1.29 is 35.9 Å². The van der Waals surface area contributed by atoms with E-state index in [2.05, 4.69) is 4.74 Å². The van der Waals surface area contributed by atoms with Gasteiger partial charge in [0.1, 0.15) is 7.85 Å². The van der Waals surface area contributed by atoms with Crippen LogP contribution < -0.4 is 0 Å². The Balaban J connectivity index is 3.00. The van der Waals surface area contributed by atoms with Crippen molar-refractivity contribution in [2.45, 2.75) is 62.6 Å². The molecule has 1 fully saturated rings. The van der Waals surface area contributed by atoms with Crippen molar-refractivity contribution in [2.24, 2.45) is 0 Å². The van der Waals surface area contributed by atoms with Crippen molar-refractivity contribution in [1.29, 1.82) is 0 Å². The van der Waals surface area contributed by atoms with Crippen LogP contribution in [0.3, 0.4) is 0 Å². The first-order valence-corrected chi connectivity index (χ1v) is 7.13. The van der Waals surface area contributed by atoms with Crippen LogP contribution in [0.1, 0.15) is 20.8 Å². The molecule has 3 unspecified atom stereocenters. The number of nitrogens with zero attached hydrogens (tertiary/aromatic N) is 2. The van der Waals surface area contributed by atoms with Gasteiger partial charge in [-0.1, -0.05) is 0 Å². The predicted octanol–water partition coefficient (Wildman–Crippen LogP) is 1.52. The van der Waals surface area contributed by atoms with Gasteiger partial charge in [0.15, 0.2) is 0 Å². The molecule has 136 valence electrons. The first-order valence-electron chi connectivity index (χ1n) is 7.13. The number of piperazine rings is 1. The molecule has 1 rings (SSSR count). The average molecular weight is 366 g/mol. The van der Waals surface area contributed by atoms with Crippen LogP contribution in [-0.2, 0) is 4.74 Å². The third kappa shape index (κ3) is 5.01. The second kappa shape index (κ2) is 6.96. The largest absolute Gasteiger partial charge is 0.434 e. The molecule has 1 aliphatic heterocycles. The highest BCUT2D eigenvalue weighted by Crippen LogP contribution is 2.36. The second-order valence-electron chi connectivity index (χ2n) is 6.63. The smallest absolute Gasteiger partial charge is 0.426 e. The molecule has 0 aromatic rings. The van der Waals surface area contributed by atoms with Crippen LogP contribution in [0.2, 0.25) is 0 Å². The minimum absolute atomic E-state index is 0.451. The molecule has 3 atom stereocenters. The van der Waals surface area contributed by atoms with Crippen molar-refractivity contribution in [3.63, 3.8) is 0 Å². The number of carbonyl (C=O) groups is 1. The maximum atomic E-state index is 12.5. The predicted molar refractivity (Wildman–Crippen MR) is 79.3 cm³/mol. The summed E-state index contributed by atoms with van der Waals surface area (Å²) in [6, 6.07) is 0. The summed E-state index contributed by atoms with van der Waals surface area (Å²) in [7, 11) is 17.4. The third-order valence-corrected chi connectivity index (χ3v) is 3.59. The van der Waals surface area contributed by atoms with Gasteiger partial charge < -0.3 is 14.5 Å². The van der Waals surface area contributed by atoms with Crippen LogP contribution in [0.15, 0.2) is 0 Å². The van der Waals surface area contributed by atoms with E-state index in [1.54, 1.807) is 20.8 Å². The van der Waals surface area contributed by atoms with Crippen LogP contribution in [0.4, 0.5) is 31.1 Å². The van der Waals surface area contributed by atoms with E-state index in [-0.39, 0.29) is 0 Å². The number of amides is 1. The molecular formula is C12H15B3F6N2O2. The molecule has 0 aliphatic carbocycles. The van der Waals surface area contributed by atoms with Crippen molar-refractivity contribution in [3.8, 4) is 0 Å². The lowest BCUT2D eigenvalue weighted by Crippen LogP contribution is -2.70. The highest BCUT2D eigenvalue weighted by molar-refractivity contribution is 6.23. The summed E-state index contributed by atoms with van der Waals surface area (Å²) >= 11 is 0. The number of halogens is 6. The molecule has 1 saturated heterocycles. The highest BCUT2D eigenvalue weighted by Gasteiger charge is 2.60. The molecule has 0 bridgehead atoms. The van der Waals surface area contributed by atoms with Crippen LogP contribution in [-0.4, -0.2) is 87.8 Å². The zero-order valence-corrected chi connectivity index (χ0v) is 13.7. The van der Waals surface area contributed by atoms with Crippen LogP contribution in [0, 0.1) is 0 Å². The maximum Gasteiger partial charge on any atom is 0.434 e. The summed E-state index contributed by atoms with van der Waals surface area (Å²) in [5.41, 5.74) is -0.604. The lowest BCUT2D eigenvalue weighted by Gasteiger charge is -2.55. The zero-order chi connectivity index (χ0) is 20.0. The first kappa shape index (κ1) is 22.0. The van der Waals surface area contributed by atoms with Crippen LogP contribution in [0.5, 0.6) is 0 Å². The topological polar surface area (TPSA) is 32.8 Å². The standard InChI is InChI=1S/C12H15B3F6N2O2/c1-10(2,3)23-5(13)4-22(6(14)7(23)15)9(24)25-8(11(16,17)18)12(19,20)21/h5-8H,4H2,1-3H3. The normalized spacial score (nSPS) is 26.8. The molecule has 25 heavy (non-hydrogen) atoms. The van der Waals surface area contributed by atoms with E-state index in [0.29, 0.717) is 4.90 Å². The number of alkyl halides is 6. The number of carbonyl (C=O) groups excluding carboxylic acids is 1. The SMILES string of the molecule is [B]C1C([B])N(C(C)(C)C)C([B])CN1C(=O)OC(C(F)(F)F)C(F)(F)F. The average Bonchev–Trinajstić information content (AvgIpc) is 2.35. The lowest BCUT2D eigenvalue weighted by molar-refractivity contribution is -0.308. The number of hydrogen-bond donors (Lipinski definition) is 0. The molecule has 1 heterocycles. The van der Waals surface area contributed by atoms with Gasteiger partial charge in [0, 0.05) is 18.0 Å². The van der Waals surface area contributed by atoms with Gasteiger partial charge in [-0.05, 0) is 32.7 Å². The van der Waals surface area contributed by atoms with E-state index < -0.39 is 54.5 Å². The number of ether oxygens (including phenoxy) is 1. The fourth-order valence-electron chi connectivity index (χ4n) is 2.61. The lowest BCUT2D eigenvalue weighted by atomic mass is 9.69. The fraction of sp³-hybridized carbons (Fsp3) is 0.917. The summed E-state index contributed by atoms with van der Waals surface area (Å²) < 4.78 is 78.7. The molecule has 4 nitrogen and oxygen atoms in total. The number of hydrogen-bond acceptors (Lipinski definition) is 3. The van der Waals surface area contributed by atoms with Gasteiger partial charge in [0.05, 0.1) is 15.7 Å². The van der Waals surface area contributed by atoms with Crippen molar-refractivity contribution in [3.05, 3.63) is 0 Å².